The lowest BCUT2D eigenvalue weighted by atomic mass is 9.92. The number of guanidine groups is 1. The average molecular weight is 440 g/mol. The zero-order chi connectivity index (χ0) is 22.5. The van der Waals surface area contributed by atoms with Crippen molar-refractivity contribution in [3.8, 4) is 0 Å². The molecular weight excluding hydrogens is 415 g/mol. The van der Waals surface area contributed by atoms with Crippen LogP contribution in [0.25, 0.3) is 5.52 Å². The van der Waals surface area contributed by atoms with Gasteiger partial charge < -0.3 is 19.7 Å². The van der Waals surface area contributed by atoms with Gasteiger partial charge in [-0.05, 0) is 45.7 Å². The van der Waals surface area contributed by atoms with Crippen molar-refractivity contribution in [1.29, 1.82) is 0 Å². The molecule has 1 amide bonds. The van der Waals surface area contributed by atoms with E-state index in [1.165, 1.54) is 22.8 Å². The number of amides is 1. The summed E-state index contributed by atoms with van der Waals surface area (Å²) in [5, 5.41) is 6.92. The molecular formula is C22H25FN6O3. The van der Waals surface area contributed by atoms with Gasteiger partial charge in [-0.15, -0.1) is 0 Å². The van der Waals surface area contributed by atoms with E-state index in [9.17, 15) is 9.18 Å². The third kappa shape index (κ3) is 3.44. The van der Waals surface area contributed by atoms with Gasteiger partial charge in [0, 0.05) is 19.0 Å². The molecule has 2 aromatic rings. The molecule has 0 aliphatic carbocycles. The molecule has 1 saturated heterocycles. The van der Waals surface area contributed by atoms with Crippen LogP contribution in [0.1, 0.15) is 44.0 Å². The maximum absolute atomic E-state index is 14.4. The first-order valence-corrected chi connectivity index (χ1v) is 10.7. The molecule has 2 aromatic heterocycles. The number of carbonyl (C=O) groups excluding carboxylic acids is 1. The van der Waals surface area contributed by atoms with E-state index >= 15 is 0 Å². The minimum Gasteiger partial charge on any atom is -0.473 e. The van der Waals surface area contributed by atoms with E-state index in [1.54, 1.807) is 12.4 Å². The normalized spacial score (nSPS) is 25.0. The molecule has 3 aliphatic heterocycles. The summed E-state index contributed by atoms with van der Waals surface area (Å²) < 4.78 is 27.6. The molecule has 168 valence electrons. The fourth-order valence-corrected chi connectivity index (χ4v) is 4.37. The Balaban J connectivity index is 1.47. The summed E-state index contributed by atoms with van der Waals surface area (Å²) in [6, 6.07) is 2.79. The fourth-order valence-electron chi connectivity index (χ4n) is 4.37. The monoisotopic (exact) mass is 440 g/mol. The van der Waals surface area contributed by atoms with Crippen molar-refractivity contribution in [2.24, 2.45) is 9.98 Å². The van der Waals surface area contributed by atoms with E-state index < -0.39 is 11.7 Å². The molecule has 1 N–H and O–H groups in total. The summed E-state index contributed by atoms with van der Waals surface area (Å²) in [6.45, 7) is 7.10. The highest BCUT2D eigenvalue weighted by atomic mass is 19.1. The number of halogens is 1. The molecule has 5 heterocycles. The lowest BCUT2D eigenvalue weighted by Gasteiger charge is -2.37. The first-order chi connectivity index (χ1) is 15.4. The van der Waals surface area contributed by atoms with Crippen LogP contribution in [0.2, 0.25) is 0 Å². The summed E-state index contributed by atoms with van der Waals surface area (Å²) in [5.74, 6) is -0.239. The number of ether oxygens (including phenoxy) is 2. The van der Waals surface area contributed by atoms with Crippen LogP contribution in [-0.4, -0.2) is 63.2 Å². The maximum atomic E-state index is 14.4. The Morgan fingerprint density at radius 3 is 3.03 bits per heavy atom. The first-order valence-electron chi connectivity index (χ1n) is 10.7. The Morgan fingerprint density at radius 1 is 1.44 bits per heavy atom. The van der Waals surface area contributed by atoms with E-state index in [1.807, 2.05) is 18.7 Å². The highest BCUT2D eigenvalue weighted by Crippen LogP contribution is 2.35. The minimum absolute atomic E-state index is 0.0364. The van der Waals surface area contributed by atoms with Gasteiger partial charge in [-0.25, -0.2) is 13.9 Å². The van der Waals surface area contributed by atoms with Gasteiger partial charge in [0.25, 0.3) is 5.91 Å². The number of nitrogens with one attached hydrogen (secondary N) is 1. The van der Waals surface area contributed by atoms with E-state index in [0.29, 0.717) is 18.2 Å². The second kappa shape index (κ2) is 7.70. The Morgan fingerprint density at radius 2 is 2.28 bits per heavy atom. The topological polar surface area (TPSA) is 92.8 Å². The maximum Gasteiger partial charge on any atom is 0.259 e. The molecule has 0 spiro atoms. The quantitative estimate of drug-likeness (QED) is 0.789. The second-order valence-electron chi connectivity index (χ2n) is 8.62. The van der Waals surface area contributed by atoms with E-state index in [-0.39, 0.29) is 34.7 Å². The second-order valence-corrected chi connectivity index (χ2v) is 8.62. The van der Waals surface area contributed by atoms with Crippen LogP contribution in [0, 0.1) is 5.82 Å². The lowest BCUT2D eigenvalue weighted by Crippen LogP contribution is -2.50. The minimum atomic E-state index is -0.527. The zero-order valence-electron chi connectivity index (χ0n) is 18.2. The summed E-state index contributed by atoms with van der Waals surface area (Å²) in [4.78, 5) is 24.2. The number of pyridine rings is 1. The number of hydrogen-bond donors (Lipinski definition) is 1. The number of fused-ring (bicyclic) bond motifs is 2. The van der Waals surface area contributed by atoms with Crippen molar-refractivity contribution in [2.75, 3.05) is 13.2 Å². The molecule has 10 heteroatoms. The number of nitrogens with zero attached hydrogens (tertiary/aromatic N) is 5. The van der Waals surface area contributed by atoms with E-state index in [4.69, 9.17) is 9.47 Å². The van der Waals surface area contributed by atoms with Crippen molar-refractivity contribution in [3.05, 3.63) is 47.8 Å². The predicted molar refractivity (Wildman–Crippen MR) is 116 cm³/mol. The van der Waals surface area contributed by atoms with Crippen LogP contribution >= 0.6 is 0 Å². The van der Waals surface area contributed by atoms with Crippen LogP contribution in [0.15, 0.2) is 46.4 Å². The van der Waals surface area contributed by atoms with Gasteiger partial charge in [-0.2, -0.15) is 10.1 Å². The number of aliphatic imine (C=N–C) groups is 2. The zero-order valence-corrected chi connectivity index (χ0v) is 18.2. The van der Waals surface area contributed by atoms with Crippen LogP contribution in [0.4, 0.5) is 4.39 Å². The standard InChI is InChI=1S/C22H25FN6O3/c1-13(2)32-20-16(26-19(30)14-10-25-29-8-4-6-15(23)18(14)29)12-28-17(11-24-21(28)27-20)22(3)7-5-9-31-22/h4,6,8,10,12-13,17H,5,7,9,11H2,1-3H3,(H,26,30). The van der Waals surface area contributed by atoms with Crippen LogP contribution < -0.4 is 5.32 Å². The SMILES string of the molecule is CC(C)OC1=NC2=NCC(C3(C)CCCO3)N2C=C1NC(=O)c1cnn2cccc(F)c12. The van der Waals surface area contributed by atoms with Gasteiger partial charge in [0.15, 0.2) is 0 Å². The molecule has 9 nitrogen and oxygen atoms in total. The molecule has 0 aromatic carbocycles. The Labute approximate surface area is 184 Å². The van der Waals surface area contributed by atoms with E-state index in [2.05, 4.69) is 27.3 Å². The Bertz CT molecular complexity index is 1160. The molecule has 3 aliphatic rings. The van der Waals surface area contributed by atoms with Gasteiger partial charge >= 0.3 is 0 Å². The molecule has 0 saturated carbocycles. The molecule has 2 unspecified atom stereocenters. The fraction of sp³-hybridized carbons (Fsp3) is 0.455. The number of carbonyl (C=O) groups is 1. The molecule has 0 radical (unpaired) electrons. The predicted octanol–water partition coefficient (Wildman–Crippen LogP) is 2.49. The smallest absolute Gasteiger partial charge is 0.259 e. The molecule has 2 atom stereocenters. The highest BCUT2D eigenvalue weighted by Gasteiger charge is 2.46. The summed E-state index contributed by atoms with van der Waals surface area (Å²) >= 11 is 0. The Kier molecular flexibility index (Phi) is 4.96. The number of hydrogen-bond acceptors (Lipinski definition) is 7. The van der Waals surface area contributed by atoms with Crippen LogP contribution in [0.3, 0.4) is 0 Å². The van der Waals surface area contributed by atoms with Crippen LogP contribution in [0.5, 0.6) is 0 Å². The van der Waals surface area contributed by atoms with Crippen molar-refractivity contribution < 1.29 is 18.7 Å². The van der Waals surface area contributed by atoms with Gasteiger partial charge in [0.2, 0.25) is 11.9 Å². The van der Waals surface area contributed by atoms with Gasteiger partial charge in [-0.3, -0.25) is 4.79 Å². The molecule has 5 rings (SSSR count). The molecule has 0 bridgehead atoms. The summed E-state index contributed by atoms with van der Waals surface area (Å²) in [5.41, 5.74) is 0.259. The van der Waals surface area contributed by atoms with Gasteiger partial charge in [0.1, 0.15) is 17.0 Å². The third-order valence-corrected chi connectivity index (χ3v) is 5.96. The van der Waals surface area contributed by atoms with Crippen LogP contribution in [-0.2, 0) is 9.47 Å². The lowest BCUT2D eigenvalue weighted by molar-refractivity contribution is -0.0213. The number of aromatic nitrogens is 2. The summed E-state index contributed by atoms with van der Waals surface area (Å²) in [6.07, 6.45) is 6.47. The average Bonchev–Trinajstić information content (AvgIpc) is 3.46. The van der Waals surface area contributed by atoms with Gasteiger partial charge in [-0.1, -0.05) is 0 Å². The van der Waals surface area contributed by atoms with Crippen molar-refractivity contribution >= 4 is 23.3 Å². The van der Waals surface area contributed by atoms with Crippen molar-refractivity contribution in [3.63, 3.8) is 0 Å². The third-order valence-electron chi connectivity index (χ3n) is 5.96. The van der Waals surface area contributed by atoms with Gasteiger partial charge in [0.05, 0.1) is 36.1 Å². The van der Waals surface area contributed by atoms with E-state index in [0.717, 1.165) is 19.4 Å². The number of rotatable bonds is 4. The Hall–Kier alpha value is -3.27. The highest BCUT2D eigenvalue weighted by molar-refractivity contribution is 6.10. The first kappa shape index (κ1) is 20.6. The van der Waals surface area contributed by atoms with Crippen molar-refractivity contribution in [1.82, 2.24) is 19.8 Å². The largest absolute Gasteiger partial charge is 0.473 e. The summed E-state index contributed by atoms with van der Waals surface area (Å²) in [7, 11) is 0. The molecule has 1 fully saturated rings. The van der Waals surface area contributed by atoms with Crippen molar-refractivity contribution in [2.45, 2.75) is 51.4 Å². The molecule has 32 heavy (non-hydrogen) atoms.